The summed E-state index contributed by atoms with van der Waals surface area (Å²) < 4.78 is 0.859. The molecule has 7 rings (SSSR count). The van der Waals surface area contributed by atoms with Gasteiger partial charge in [-0.15, -0.1) is 23.1 Å². The fourth-order valence-electron chi connectivity index (χ4n) is 6.85. The summed E-state index contributed by atoms with van der Waals surface area (Å²) in [7, 11) is 0. The lowest BCUT2D eigenvalue weighted by Gasteiger charge is -2.50. The van der Waals surface area contributed by atoms with E-state index in [4.69, 9.17) is 10.6 Å². The number of piperidine rings is 1. The van der Waals surface area contributed by atoms with Crippen LogP contribution in [-0.2, 0) is 24.0 Å². The van der Waals surface area contributed by atoms with Crippen LogP contribution in [0.1, 0.15) is 29.0 Å². The van der Waals surface area contributed by atoms with Gasteiger partial charge >= 0.3 is 11.9 Å². The number of nitrogens with two attached hydrogens (primary N) is 1. The van der Waals surface area contributed by atoms with E-state index in [1.54, 1.807) is 4.90 Å². The average molecular weight is 764 g/mol. The number of carbonyl (C=O) groups is 5. The van der Waals surface area contributed by atoms with Crippen LogP contribution in [0.2, 0.25) is 0 Å². The molecule has 2 bridgehead atoms. The largest absolute Gasteiger partial charge is 0.788 e. The van der Waals surface area contributed by atoms with Crippen molar-refractivity contribution < 1.29 is 53.8 Å². The van der Waals surface area contributed by atoms with E-state index in [-0.39, 0.29) is 47.1 Å². The molecule has 7 heterocycles. The molecular formula is C29H33N9O12S2. The van der Waals surface area contributed by atoms with Gasteiger partial charge < -0.3 is 56.5 Å². The number of nitrogens with one attached hydrogen (secondary N) is 2. The van der Waals surface area contributed by atoms with E-state index in [0.29, 0.717) is 47.3 Å². The minimum atomic E-state index is -1.75. The summed E-state index contributed by atoms with van der Waals surface area (Å²) in [5.41, 5.74) is 5.69. The van der Waals surface area contributed by atoms with Gasteiger partial charge in [-0.2, -0.15) is 4.73 Å². The van der Waals surface area contributed by atoms with Crippen LogP contribution in [0, 0.1) is 5.21 Å². The second-order valence-corrected chi connectivity index (χ2v) is 14.6. The number of β-lactam (4-membered cyclic amide) rings is 1. The maximum atomic E-state index is 13.5. The molecular weight excluding hydrogens is 731 g/mol. The first kappa shape index (κ1) is 36.6. The second kappa shape index (κ2) is 14.4. The highest BCUT2D eigenvalue weighted by Gasteiger charge is 2.55. The van der Waals surface area contributed by atoms with Gasteiger partial charge in [0, 0.05) is 48.2 Å². The number of hydrogen-bond donors (Lipinski definition) is 7. The molecule has 5 aliphatic heterocycles. The van der Waals surface area contributed by atoms with E-state index in [2.05, 4.69) is 15.5 Å². The highest BCUT2D eigenvalue weighted by Crippen LogP contribution is 2.42. The SMILES string of the molecule is Nc1nc(/C(=N/O[C@@H](CN[O-])C(=O)O)C(=O)N[C@@H]2C(=O)N3C(C(=O)O)=C(C[N+]45CCC(CC4)N(C(=O)c4cc(=O)c(O)cn4O)CC5)CS[C@H]23)cs1. The molecule has 0 unspecified atom stereocenters. The zero-order valence-electron chi connectivity index (χ0n) is 27.0. The number of amides is 3. The van der Waals surface area contributed by atoms with Crippen molar-refractivity contribution in [3.63, 3.8) is 0 Å². The predicted molar refractivity (Wildman–Crippen MR) is 180 cm³/mol. The summed E-state index contributed by atoms with van der Waals surface area (Å²) in [6.45, 7) is 1.49. The molecule has 5 aliphatic rings. The molecule has 3 atom stereocenters. The molecule has 0 aliphatic carbocycles. The Morgan fingerprint density at radius 3 is 2.56 bits per heavy atom. The molecule has 0 radical (unpaired) electrons. The molecule has 0 aromatic carbocycles. The summed E-state index contributed by atoms with van der Waals surface area (Å²) in [4.78, 5) is 88.0. The topological polar surface area (TPSA) is 302 Å². The minimum absolute atomic E-state index is 0.0526. The molecule has 0 spiro atoms. The molecule has 0 saturated carbocycles. The number of rotatable bonds is 12. The maximum Gasteiger partial charge on any atom is 0.352 e. The number of nitrogens with zero attached hydrogens (tertiary/aromatic N) is 6. The number of thiazole rings is 1. The van der Waals surface area contributed by atoms with Crippen molar-refractivity contribution in [3.8, 4) is 5.75 Å². The number of quaternary nitrogens is 1. The molecule has 2 aromatic rings. The summed E-state index contributed by atoms with van der Waals surface area (Å²) in [5.74, 6) is -5.61. The van der Waals surface area contributed by atoms with Crippen LogP contribution in [0.5, 0.6) is 5.75 Å². The van der Waals surface area contributed by atoms with Crippen LogP contribution in [0.25, 0.3) is 0 Å². The highest BCUT2D eigenvalue weighted by atomic mass is 32.2. The number of thioether (sulfide) groups is 1. The Morgan fingerprint density at radius 1 is 1.19 bits per heavy atom. The fraction of sp³-hybridized carbons (Fsp3) is 0.448. The second-order valence-electron chi connectivity index (χ2n) is 12.6. The van der Waals surface area contributed by atoms with E-state index in [1.165, 1.54) is 22.6 Å². The smallest absolute Gasteiger partial charge is 0.352 e. The van der Waals surface area contributed by atoms with Crippen molar-refractivity contribution in [1.82, 2.24) is 30.3 Å². The number of nitrogen functional groups attached to an aromatic ring is 1. The Labute approximate surface area is 301 Å². The zero-order valence-corrected chi connectivity index (χ0v) is 28.7. The fourth-order valence-corrected chi connectivity index (χ4v) is 8.73. The van der Waals surface area contributed by atoms with Crippen LogP contribution in [0.3, 0.4) is 0 Å². The van der Waals surface area contributed by atoms with Crippen molar-refractivity contribution in [2.75, 3.05) is 50.8 Å². The lowest BCUT2D eigenvalue weighted by Crippen LogP contribution is -2.71. The first-order valence-electron chi connectivity index (χ1n) is 15.8. The van der Waals surface area contributed by atoms with Crippen molar-refractivity contribution in [1.29, 1.82) is 0 Å². The molecule has 21 nitrogen and oxygen atoms in total. The average Bonchev–Trinajstić information content (AvgIpc) is 3.35. The third-order valence-electron chi connectivity index (χ3n) is 9.48. The number of hydrogen-bond acceptors (Lipinski definition) is 16. The monoisotopic (exact) mass is 763 g/mol. The Kier molecular flexibility index (Phi) is 10.1. The quantitative estimate of drug-likeness (QED) is 0.0403. The van der Waals surface area contributed by atoms with Crippen molar-refractivity contribution in [2.45, 2.75) is 36.4 Å². The first-order valence-corrected chi connectivity index (χ1v) is 17.7. The van der Waals surface area contributed by atoms with Crippen molar-refractivity contribution >= 4 is 63.6 Å². The summed E-state index contributed by atoms with van der Waals surface area (Å²) in [5, 5.41) is 56.9. The highest BCUT2D eigenvalue weighted by molar-refractivity contribution is 8.00. The van der Waals surface area contributed by atoms with E-state index < -0.39 is 70.6 Å². The van der Waals surface area contributed by atoms with Gasteiger partial charge in [-0.3, -0.25) is 24.1 Å². The van der Waals surface area contributed by atoms with E-state index in [0.717, 1.165) is 28.5 Å². The van der Waals surface area contributed by atoms with Gasteiger partial charge in [0.05, 0.1) is 32.4 Å². The molecule has 278 valence electrons. The molecule has 8 N–H and O–H groups in total. The Morgan fingerprint density at radius 2 is 1.92 bits per heavy atom. The van der Waals surface area contributed by atoms with Gasteiger partial charge in [0.2, 0.25) is 11.5 Å². The van der Waals surface area contributed by atoms with Gasteiger partial charge in [0.15, 0.2) is 16.6 Å². The number of fused-ring (bicyclic) bond motifs is 5. The molecule has 4 fully saturated rings. The van der Waals surface area contributed by atoms with Gasteiger partial charge in [-0.25, -0.2) is 14.6 Å². The van der Waals surface area contributed by atoms with Crippen LogP contribution in [0.15, 0.2) is 38.9 Å². The number of anilines is 1. The third kappa shape index (κ3) is 6.87. The number of carbonyl (C=O) groups excluding carboxylic acids is 3. The number of aromatic nitrogens is 2. The molecule has 4 saturated heterocycles. The van der Waals surface area contributed by atoms with Crippen molar-refractivity contribution in [3.05, 3.63) is 55.7 Å². The lowest BCUT2D eigenvalue weighted by atomic mass is 9.99. The van der Waals surface area contributed by atoms with Crippen molar-refractivity contribution in [2.24, 2.45) is 5.16 Å². The third-order valence-corrected chi connectivity index (χ3v) is 11.5. The van der Waals surface area contributed by atoms with Crippen LogP contribution in [-0.4, -0.2) is 148 Å². The number of carboxylic acids is 2. The van der Waals surface area contributed by atoms with Crippen LogP contribution >= 0.6 is 23.1 Å². The van der Waals surface area contributed by atoms with E-state index >= 15 is 0 Å². The Hall–Kier alpha value is -5.23. The normalized spacial score (nSPS) is 24.8. The predicted octanol–water partition coefficient (Wildman–Crippen LogP) is -2.03. The number of aliphatic carboxylic acids is 2. The minimum Gasteiger partial charge on any atom is -0.788 e. The molecule has 52 heavy (non-hydrogen) atoms. The number of aromatic hydroxyl groups is 1. The summed E-state index contributed by atoms with van der Waals surface area (Å²) in [6.07, 6.45) is 0.145. The lowest BCUT2D eigenvalue weighted by molar-refractivity contribution is -0.924. The first-order chi connectivity index (χ1) is 24.7. The van der Waals surface area contributed by atoms with Crippen LogP contribution < -0.4 is 22.0 Å². The summed E-state index contributed by atoms with van der Waals surface area (Å²) >= 11 is 2.20. The number of carboxylic acid groups (broad SMARTS) is 2. The van der Waals surface area contributed by atoms with E-state index in [1.807, 2.05) is 0 Å². The number of pyridine rings is 1. The Bertz CT molecular complexity index is 1940. The summed E-state index contributed by atoms with van der Waals surface area (Å²) in [6, 6.07) is -0.501. The van der Waals surface area contributed by atoms with Gasteiger partial charge in [-0.1, -0.05) is 5.16 Å². The Balaban J connectivity index is 1.17. The van der Waals surface area contributed by atoms with Crippen LogP contribution in [0.4, 0.5) is 5.13 Å². The molecule has 3 amide bonds. The van der Waals surface area contributed by atoms with E-state index in [9.17, 15) is 54.5 Å². The van der Waals surface area contributed by atoms with Gasteiger partial charge in [-0.05, 0) is 0 Å². The number of hydroxylamine groups is 1. The van der Waals surface area contributed by atoms with Gasteiger partial charge in [0.25, 0.3) is 17.7 Å². The maximum absolute atomic E-state index is 13.5. The standard InChI is InChI=1S/C29H33N9O12S2/c30-29-32-15(12-52-29)20(34-50-19(8-31-48)27(44)45)23(41)33-21-25(43)37-22(28(46)47)13(11-51-26(21)37)10-38-4-1-14(2-5-38)35(3-6-38)24(42)16-7-17(39)18(40)9-36(16)49/h7,9,12,14,19,21,26,31,40,49H,1-6,8,10-11H2,(H2,30,32)(H,33,41)(H,44,45)(H,46,47)/b34-20-/t14?,19-,21+,26+,38?/m0/s1. The molecule has 2 aromatic heterocycles. The van der Waals surface area contributed by atoms with Gasteiger partial charge in [0.1, 0.15) is 35.0 Å². The zero-order chi connectivity index (χ0) is 37.5. The molecule has 23 heteroatoms. The number of oxime groups is 1.